The molecule has 15 aromatic carbocycles. The highest BCUT2D eigenvalue weighted by Crippen LogP contribution is 2.28. The Morgan fingerprint density at radius 1 is 0.399 bits per heavy atom. The van der Waals surface area contributed by atoms with Crippen molar-refractivity contribution in [2.75, 3.05) is 0 Å². The minimum absolute atomic E-state index is 0. The van der Waals surface area contributed by atoms with E-state index in [-0.39, 0.29) is 39.8 Å². The number of aryl methyl sites for hydroxylation is 13. The lowest BCUT2D eigenvalue weighted by molar-refractivity contribution is 0.0999. The molecule has 11 N–H and O–H groups in total. The second kappa shape index (κ2) is 51.6. The molecule has 18 heteroatoms. The van der Waals surface area contributed by atoms with Gasteiger partial charge in [-0.1, -0.05) is 285 Å². The van der Waals surface area contributed by atoms with E-state index in [1.807, 2.05) is 248 Å². The first-order chi connectivity index (χ1) is 65.1. The van der Waals surface area contributed by atoms with Gasteiger partial charge in [-0.05, 0) is 308 Å². The van der Waals surface area contributed by atoms with Gasteiger partial charge in [0.25, 0.3) is 0 Å². The number of hydrogen-bond acceptors (Lipinski definition) is 14. The molecule has 1 amide bonds. The molecule has 16 nitrogen and oxygen atoms in total. The number of nitrogens with two attached hydrogens (primary N) is 5. The number of nitriles is 1. The number of rotatable bonds is 3. The fourth-order valence-electron chi connectivity index (χ4n) is 15.5. The van der Waals surface area contributed by atoms with Crippen molar-refractivity contribution in [3.8, 4) is 6.07 Å². The van der Waals surface area contributed by atoms with Gasteiger partial charge in [0.1, 0.15) is 24.9 Å². The SMILES string of the molecule is C.C.C.Cc1cc2ccccc2cc1C#N.Cc1cc2ccccc2cc1C(=N)N.Cc1cc2ccccc2cc1C(N)=O.Cc1cc2ccccc2cc1CN.Cc1cc2ccccc2cc1F.Cc1ccc2c(c1)C(N)=NOC2.Cc1ccc2c(c1)CON=C2N.Cc1ccc2c(n1)CCCC2.Cc1ccc2cc(Cl)ccc2c1.Cc1ccc2cccnc2c1.Cc1ccc2cccnc2n1. The molecule has 0 spiro atoms. The molecule has 3 aliphatic rings. The molecule has 0 radical (unpaired) electrons. The zero-order valence-electron chi connectivity index (χ0n) is 78.2. The van der Waals surface area contributed by atoms with Crippen LogP contribution in [0.5, 0.6) is 0 Å². The Kier molecular flexibility index (Phi) is 39.5. The first kappa shape index (κ1) is 106. The highest BCUT2D eigenvalue weighted by molar-refractivity contribution is 6.31. The normalized spacial score (nSPS) is 11.3. The zero-order chi connectivity index (χ0) is 96.0. The smallest absolute Gasteiger partial charge is 0.248 e. The van der Waals surface area contributed by atoms with Crippen LogP contribution >= 0.6 is 11.6 Å². The van der Waals surface area contributed by atoms with Crippen molar-refractivity contribution in [3.05, 3.63) is 462 Å². The number of nitrogens with one attached hydrogen (secondary N) is 1. The summed E-state index contributed by atoms with van der Waals surface area (Å²) in [6, 6.07) is 109. The van der Waals surface area contributed by atoms with E-state index in [2.05, 4.69) is 179 Å². The number of pyridine rings is 4. The van der Waals surface area contributed by atoms with Gasteiger partial charge in [0.05, 0.1) is 17.1 Å². The Balaban J connectivity index is 0.000000170. The average Bonchev–Trinajstić information content (AvgIpc) is 0.819. The number of amidine groups is 3. The van der Waals surface area contributed by atoms with Gasteiger partial charge >= 0.3 is 0 Å². The molecular formula is C120H125ClFN13O3. The van der Waals surface area contributed by atoms with E-state index in [0.29, 0.717) is 42.6 Å². The van der Waals surface area contributed by atoms with Crippen molar-refractivity contribution in [1.82, 2.24) is 19.9 Å². The lowest BCUT2D eigenvalue weighted by Crippen LogP contribution is -2.20. The predicted molar refractivity (Wildman–Crippen MR) is 579 cm³/mol. The highest BCUT2D eigenvalue weighted by atomic mass is 35.5. The number of primary amides is 1. The molecule has 0 bridgehead atoms. The summed E-state index contributed by atoms with van der Waals surface area (Å²) in [5.41, 5.74) is 52.1. The van der Waals surface area contributed by atoms with Gasteiger partial charge in [0, 0.05) is 85.2 Å². The minimum atomic E-state index is -0.367. The molecule has 6 heterocycles. The van der Waals surface area contributed by atoms with Crippen molar-refractivity contribution >= 4 is 122 Å². The number of carbonyl (C=O) groups excluding carboxylic acids is 1. The lowest BCUT2D eigenvalue weighted by atomic mass is 9.96. The fraction of sp³-hybridized carbons (Fsp3) is 0.175. The van der Waals surface area contributed by atoms with Crippen LogP contribution < -0.4 is 28.7 Å². The van der Waals surface area contributed by atoms with E-state index < -0.39 is 0 Å². The van der Waals surface area contributed by atoms with Crippen LogP contribution in [0.15, 0.2) is 344 Å². The topological polar surface area (TPSA) is 290 Å². The summed E-state index contributed by atoms with van der Waals surface area (Å²) in [6.07, 6.45) is 8.68. The van der Waals surface area contributed by atoms with Gasteiger partial charge in [-0.25, -0.2) is 14.4 Å². The van der Waals surface area contributed by atoms with Crippen LogP contribution in [-0.4, -0.2) is 43.3 Å². The summed E-state index contributed by atoms with van der Waals surface area (Å²) in [5, 5.41) is 40.6. The molecular weight excluding hydrogens is 1730 g/mol. The number of nitrogens with zero attached hydrogens (tertiary/aromatic N) is 7. The number of amides is 1. The third-order valence-corrected chi connectivity index (χ3v) is 23.1. The summed E-state index contributed by atoms with van der Waals surface area (Å²) < 4.78 is 13.0. The van der Waals surface area contributed by atoms with Crippen LogP contribution in [0.4, 0.5) is 4.39 Å². The number of aromatic nitrogens is 4. The number of hydrogen-bond donors (Lipinski definition) is 6. The second-order valence-corrected chi connectivity index (χ2v) is 33.9. The number of halogens is 2. The van der Waals surface area contributed by atoms with Crippen LogP contribution in [-0.2, 0) is 42.3 Å². The van der Waals surface area contributed by atoms with Gasteiger partial charge in [-0.15, -0.1) is 0 Å². The van der Waals surface area contributed by atoms with Gasteiger partial charge < -0.3 is 38.3 Å². The Hall–Kier alpha value is -15.9. The van der Waals surface area contributed by atoms with Crippen molar-refractivity contribution < 1.29 is 18.9 Å². The molecule has 138 heavy (non-hydrogen) atoms. The van der Waals surface area contributed by atoms with Crippen LogP contribution in [0, 0.1) is 98.7 Å². The quantitative estimate of drug-likeness (QED) is 0.0711. The molecule has 702 valence electrons. The largest absolute Gasteiger partial charge is 0.389 e. The summed E-state index contributed by atoms with van der Waals surface area (Å²) in [4.78, 5) is 38.1. The summed E-state index contributed by atoms with van der Waals surface area (Å²) in [7, 11) is 0. The van der Waals surface area contributed by atoms with Gasteiger partial charge in [-0.2, -0.15) is 5.26 Å². The van der Waals surface area contributed by atoms with Crippen molar-refractivity contribution in [3.63, 3.8) is 0 Å². The third kappa shape index (κ3) is 29.8. The summed E-state index contributed by atoms with van der Waals surface area (Å²) in [5.74, 6) is 0.575. The van der Waals surface area contributed by atoms with E-state index in [1.54, 1.807) is 19.2 Å². The molecule has 19 aromatic rings. The fourth-order valence-corrected chi connectivity index (χ4v) is 15.7. The van der Waals surface area contributed by atoms with Crippen molar-refractivity contribution in [2.45, 2.75) is 144 Å². The number of nitrogen functional groups attached to an aromatic ring is 1. The number of oxime groups is 2. The first-order valence-corrected chi connectivity index (χ1v) is 45.1. The van der Waals surface area contributed by atoms with Gasteiger partial charge in [0.2, 0.25) is 5.91 Å². The monoisotopic (exact) mass is 1850 g/mol. The van der Waals surface area contributed by atoms with Gasteiger partial charge in [-0.3, -0.25) is 20.2 Å². The zero-order valence-corrected chi connectivity index (χ0v) is 79.0. The Labute approximate surface area is 816 Å². The van der Waals surface area contributed by atoms with E-state index in [9.17, 15) is 9.18 Å². The Morgan fingerprint density at radius 2 is 0.819 bits per heavy atom. The van der Waals surface area contributed by atoms with E-state index >= 15 is 0 Å². The molecule has 22 rings (SSSR count). The first-order valence-electron chi connectivity index (χ1n) is 44.7. The van der Waals surface area contributed by atoms with Crippen LogP contribution in [0.3, 0.4) is 0 Å². The average molecular weight is 1850 g/mol. The standard InChI is InChI=1S/C12H12N2.C12H11NO.C12H13N.C12H9N.C11H9Cl.C11H9F.C10H9N.C10H13N.2C9H10N2O.C9H8N2.3CH4/c2*1-8-6-9-4-2-3-5-10(9)7-11(8)12(13)14;2*1-9-6-10-4-2-3-5-11(10)7-12(9)8-13;1-8-2-3-10-7-11(12)5-4-9(10)6-8;1-8-6-9-4-2-3-5-10(9)7-11(8)12;1-8-4-5-9-3-2-6-11-10(9)7-8;1-8-6-7-9-4-2-3-5-10(9)11-8;1-6-2-3-8-7(4-6)5-12-11-9(8)10;1-6-2-3-7-5-12-11-9(10)8(7)4-6;1-7-4-5-8-3-2-6-10-9(8)11-7;;;/h2-7H,1H3,(H3,13,14);2-7H,1H3,(H2,13,14);2-7H,8,13H2,1H3;2-7H,1H3;2*2-7H,1H3;2-7H,1H3;6-7H,2-5H2,1H3;2*2-4H,5H2,1H3,(H2,10,11);2-6H,1H3;3*1H4. The molecule has 2 aliphatic heterocycles. The molecule has 0 saturated heterocycles. The molecule has 0 saturated carbocycles. The molecule has 0 fully saturated rings. The Bertz CT molecular complexity index is 7290. The molecule has 4 aromatic heterocycles. The number of carbonyl (C=O) groups is 1. The predicted octanol–water partition coefficient (Wildman–Crippen LogP) is 28.3. The van der Waals surface area contributed by atoms with Crippen molar-refractivity contribution in [1.29, 1.82) is 10.7 Å². The summed E-state index contributed by atoms with van der Waals surface area (Å²) >= 11 is 5.86. The van der Waals surface area contributed by atoms with Crippen LogP contribution in [0.25, 0.3) is 86.6 Å². The van der Waals surface area contributed by atoms with Crippen molar-refractivity contribution in [2.24, 2.45) is 39.0 Å². The highest BCUT2D eigenvalue weighted by Gasteiger charge is 2.16. The third-order valence-electron chi connectivity index (χ3n) is 22.9. The minimum Gasteiger partial charge on any atom is -0.389 e. The molecule has 0 atom stereocenters. The maximum Gasteiger partial charge on any atom is 0.248 e. The summed E-state index contributed by atoms with van der Waals surface area (Å²) in [6.45, 7) is 23.7. The Morgan fingerprint density at radius 3 is 1.41 bits per heavy atom. The van der Waals surface area contributed by atoms with Crippen LogP contribution in [0.2, 0.25) is 5.02 Å². The number of fused-ring (bicyclic) bond motifs is 11. The van der Waals surface area contributed by atoms with Crippen LogP contribution in [0.1, 0.15) is 157 Å². The van der Waals surface area contributed by atoms with E-state index in [0.717, 1.165) is 115 Å². The maximum absolute atomic E-state index is 13.0. The molecule has 1 aliphatic carbocycles. The second-order valence-electron chi connectivity index (χ2n) is 33.5. The lowest BCUT2D eigenvalue weighted by Gasteiger charge is -2.14. The van der Waals surface area contributed by atoms with E-state index in [1.165, 1.54) is 108 Å². The maximum atomic E-state index is 13.0. The van der Waals surface area contributed by atoms with Gasteiger partial charge in [0.15, 0.2) is 17.3 Å². The number of benzene rings is 15. The van der Waals surface area contributed by atoms with E-state index in [4.69, 9.17) is 60.6 Å². The molecule has 0 unspecified atom stereocenters.